The van der Waals surface area contributed by atoms with Gasteiger partial charge in [0.1, 0.15) is 5.75 Å². The van der Waals surface area contributed by atoms with Crippen molar-refractivity contribution in [3.8, 4) is 50.3 Å². The predicted octanol–water partition coefficient (Wildman–Crippen LogP) is 6.85. The van der Waals surface area contributed by atoms with Crippen LogP contribution in [0.1, 0.15) is 0 Å². The van der Waals surface area contributed by atoms with Crippen molar-refractivity contribution in [1.82, 2.24) is 9.97 Å². The summed E-state index contributed by atoms with van der Waals surface area (Å²) in [5, 5.41) is 10.8. The van der Waals surface area contributed by atoms with Crippen LogP contribution in [-0.2, 0) is 0 Å². The molecule has 0 aliphatic carbocycles. The lowest BCUT2D eigenvalue weighted by molar-refractivity contribution is 0.477. The Hall–Kier alpha value is -4.24. The quantitative estimate of drug-likeness (QED) is 0.359. The number of phenolic OH excluding ortho intramolecular Hbond substituents is 1. The van der Waals surface area contributed by atoms with Gasteiger partial charge in [-0.2, -0.15) is 0 Å². The Morgan fingerprint density at radius 2 is 1.00 bits per heavy atom. The van der Waals surface area contributed by atoms with Gasteiger partial charge in [-0.15, -0.1) is 0 Å². The lowest BCUT2D eigenvalue weighted by Gasteiger charge is -2.14. The fourth-order valence-electron chi connectivity index (χ4n) is 3.87. The average molecular weight is 400 g/mol. The van der Waals surface area contributed by atoms with Gasteiger partial charge in [0.15, 0.2) is 0 Å². The number of nitrogens with zero attached hydrogens (tertiary/aromatic N) is 2. The smallest absolute Gasteiger partial charge is 0.124 e. The minimum Gasteiger partial charge on any atom is -0.507 e. The topological polar surface area (TPSA) is 46.0 Å². The highest BCUT2D eigenvalue weighted by molar-refractivity contribution is 5.90. The predicted molar refractivity (Wildman–Crippen MR) is 125 cm³/mol. The van der Waals surface area contributed by atoms with Gasteiger partial charge in [-0.25, -0.2) is 0 Å². The Labute approximate surface area is 181 Å². The zero-order valence-electron chi connectivity index (χ0n) is 16.8. The lowest BCUT2D eigenvalue weighted by Crippen LogP contribution is -1.89. The maximum atomic E-state index is 10.8. The van der Waals surface area contributed by atoms with E-state index >= 15 is 0 Å². The van der Waals surface area contributed by atoms with Crippen molar-refractivity contribution in [2.24, 2.45) is 0 Å². The van der Waals surface area contributed by atoms with E-state index < -0.39 is 0 Å². The first kappa shape index (κ1) is 18.8. The van der Waals surface area contributed by atoms with E-state index in [1.165, 1.54) is 0 Å². The molecule has 0 bridgehead atoms. The number of pyridine rings is 2. The molecule has 0 fully saturated rings. The molecule has 3 heteroatoms. The maximum absolute atomic E-state index is 10.8. The highest BCUT2D eigenvalue weighted by atomic mass is 16.3. The number of phenols is 1. The van der Waals surface area contributed by atoms with Crippen molar-refractivity contribution in [3.05, 3.63) is 116 Å². The normalized spacial score (nSPS) is 10.7. The van der Waals surface area contributed by atoms with Crippen LogP contribution < -0.4 is 0 Å². The molecule has 5 aromatic rings. The molecule has 3 aromatic carbocycles. The molecular formula is C28H20N2O. The Morgan fingerprint density at radius 3 is 1.61 bits per heavy atom. The van der Waals surface area contributed by atoms with Crippen molar-refractivity contribution in [2.75, 3.05) is 0 Å². The van der Waals surface area contributed by atoms with Gasteiger partial charge in [0.05, 0.1) is 0 Å². The highest BCUT2D eigenvalue weighted by Crippen LogP contribution is 2.40. The van der Waals surface area contributed by atoms with Crippen LogP contribution >= 0.6 is 0 Å². The van der Waals surface area contributed by atoms with Crippen molar-refractivity contribution in [2.45, 2.75) is 0 Å². The summed E-state index contributed by atoms with van der Waals surface area (Å²) in [6, 6.07) is 30.1. The second-order valence-electron chi connectivity index (χ2n) is 7.34. The number of aromatic hydroxyl groups is 1. The third-order valence-electron chi connectivity index (χ3n) is 5.36. The average Bonchev–Trinajstić information content (AvgIpc) is 2.85. The summed E-state index contributed by atoms with van der Waals surface area (Å²) in [4.78, 5) is 8.47. The van der Waals surface area contributed by atoms with Crippen LogP contribution in [0.15, 0.2) is 116 Å². The SMILES string of the molecule is Oc1cccc(-c2cccc(-c3cccnc3)c2)c1-c1cccc(-c2cccnc2)c1. The Morgan fingerprint density at radius 1 is 0.484 bits per heavy atom. The molecule has 0 aliphatic heterocycles. The van der Waals surface area contributed by atoms with E-state index in [0.717, 1.165) is 44.5 Å². The van der Waals surface area contributed by atoms with Crippen molar-refractivity contribution in [3.63, 3.8) is 0 Å². The van der Waals surface area contributed by atoms with E-state index in [4.69, 9.17) is 0 Å². The van der Waals surface area contributed by atoms with Gasteiger partial charge < -0.3 is 5.11 Å². The van der Waals surface area contributed by atoms with Crippen molar-refractivity contribution in [1.29, 1.82) is 0 Å². The molecule has 0 saturated heterocycles. The van der Waals surface area contributed by atoms with E-state index in [0.29, 0.717) is 0 Å². The van der Waals surface area contributed by atoms with Gasteiger partial charge in [-0.1, -0.05) is 60.7 Å². The summed E-state index contributed by atoms with van der Waals surface area (Å²) in [5.41, 5.74) is 8.04. The molecule has 0 spiro atoms. The van der Waals surface area contributed by atoms with Gasteiger partial charge in [0.2, 0.25) is 0 Å². The van der Waals surface area contributed by atoms with Crippen LogP contribution in [0, 0.1) is 0 Å². The summed E-state index contributed by atoms with van der Waals surface area (Å²) in [7, 11) is 0. The first-order chi connectivity index (χ1) is 15.3. The second kappa shape index (κ2) is 8.25. The molecule has 0 atom stereocenters. The van der Waals surface area contributed by atoms with E-state index in [2.05, 4.69) is 40.3 Å². The summed E-state index contributed by atoms with van der Waals surface area (Å²) in [5.74, 6) is 0.257. The maximum Gasteiger partial charge on any atom is 0.124 e. The van der Waals surface area contributed by atoms with Crippen LogP contribution in [0.4, 0.5) is 0 Å². The standard InChI is InChI=1S/C28H20N2O/c31-27-13-3-12-26(22-8-1-6-20(16-22)24-10-4-14-29-18-24)28(27)23-9-2-7-21(17-23)25-11-5-15-30-19-25/h1-19,31H. The van der Waals surface area contributed by atoms with E-state index in [1.807, 2.05) is 67.0 Å². The molecule has 3 nitrogen and oxygen atoms in total. The van der Waals surface area contributed by atoms with Crippen LogP contribution in [-0.4, -0.2) is 15.1 Å². The fourth-order valence-corrected chi connectivity index (χ4v) is 3.87. The molecule has 2 aromatic heterocycles. The van der Waals surface area contributed by atoms with Crippen molar-refractivity contribution >= 4 is 0 Å². The molecule has 148 valence electrons. The summed E-state index contributed by atoms with van der Waals surface area (Å²) >= 11 is 0. The Balaban J connectivity index is 1.64. The largest absolute Gasteiger partial charge is 0.507 e. The Kier molecular flexibility index (Phi) is 4.99. The van der Waals surface area contributed by atoms with Gasteiger partial charge in [-0.05, 0) is 58.1 Å². The van der Waals surface area contributed by atoms with Crippen LogP contribution in [0.2, 0.25) is 0 Å². The monoisotopic (exact) mass is 400 g/mol. The molecule has 1 N–H and O–H groups in total. The number of hydrogen-bond acceptors (Lipinski definition) is 3. The van der Waals surface area contributed by atoms with Crippen LogP contribution in [0.3, 0.4) is 0 Å². The number of rotatable bonds is 4. The number of aromatic nitrogens is 2. The molecule has 2 heterocycles. The Bertz CT molecular complexity index is 1330. The van der Waals surface area contributed by atoms with Crippen molar-refractivity contribution < 1.29 is 5.11 Å². The second-order valence-corrected chi connectivity index (χ2v) is 7.34. The molecule has 0 amide bonds. The molecule has 0 aliphatic rings. The molecule has 5 rings (SSSR count). The molecule has 31 heavy (non-hydrogen) atoms. The minimum atomic E-state index is 0.257. The zero-order chi connectivity index (χ0) is 21.0. The highest BCUT2D eigenvalue weighted by Gasteiger charge is 2.13. The first-order valence-electron chi connectivity index (χ1n) is 10.1. The minimum absolute atomic E-state index is 0.257. The lowest BCUT2D eigenvalue weighted by atomic mass is 9.91. The molecular weight excluding hydrogens is 380 g/mol. The zero-order valence-corrected chi connectivity index (χ0v) is 16.8. The third-order valence-corrected chi connectivity index (χ3v) is 5.36. The molecule has 0 radical (unpaired) electrons. The number of hydrogen-bond donors (Lipinski definition) is 1. The van der Waals surface area contributed by atoms with Gasteiger partial charge >= 0.3 is 0 Å². The number of benzene rings is 3. The van der Waals surface area contributed by atoms with E-state index in [-0.39, 0.29) is 5.75 Å². The third kappa shape index (κ3) is 3.81. The van der Waals surface area contributed by atoms with E-state index in [9.17, 15) is 5.11 Å². The summed E-state index contributed by atoms with van der Waals surface area (Å²) in [6.07, 6.45) is 7.25. The summed E-state index contributed by atoms with van der Waals surface area (Å²) < 4.78 is 0. The first-order valence-corrected chi connectivity index (χ1v) is 10.1. The van der Waals surface area contributed by atoms with Crippen LogP contribution in [0.5, 0.6) is 5.75 Å². The molecule has 0 saturated carbocycles. The van der Waals surface area contributed by atoms with E-state index in [1.54, 1.807) is 18.5 Å². The fraction of sp³-hybridized carbons (Fsp3) is 0. The molecule has 0 unspecified atom stereocenters. The van der Waals surface area contributed by atoms with Crippen LogP contribution in [0.25, 0.3) is 44.5 Å². The summed E-state index contributed by atoms with van der Waals surface area (Å²) in [6.45, 7) is 0. The van der Waals surface area contributed by atoms with Gasteiger partial charge in [0.25, 0.3) is 0 Å². The van der Waals surface area contributed by atoms with Gasteiger partial charge in [0, 0.05) is 41.5 Å². The van der Waals surface area contributed by atoms with Gasteiger partial charge in [-0.3, -0.25) is 9.97 Å².